The molecule has 11 nitrogen and oxygen atoms in total. The topological polar surface area (TPSA) is 137 Å². The number of carbonyl (C=O) groups is 2. The van der Waals surface area contributed by atoms with E-state index < -0.39 is 12.1 Å². The Morgan fingerprint density at radius 1 is 1.08 bits per heavy atom. The maximum Gasteiger partial charge on any atom is 0.490 e. The second-order valence-corrected chi connectivity index (χ2v) is 7.87. The van der Waals surface area contributed by atoms with E-state index in [4.69, 9.17) is 26.2 Å². The predicted molar refractivity (Wildman–Crippen MR) is 122 cm³/mol. The Kier molecular flexibility index (Phi) is 9.02. The number of tetrazole rings is 1. The lowest BCUT2D eigenvalue weighted by atomic mass is 10.2. The highest BCUT2D eigenvalue weighted by Gasteiger charge is 2.38. The van der Waals surface area contributed by atoms with Gasteiger partial charge in [0.2, 0.25) is 0 Å². The van der Waals surface area contributed by atoms with Crippen LogP contribution in [0.4, 0.5) is 23.9 Å². The molecule has 192 valence electrons. The fourth-order valence-corrected chi connectivity index (χ4v) is 3.23. The summed E-state index contributed by atoms with van der Waals surface area (Å²) in [4.78, 5) is 25.2. The fourth-order valence-electron chi connectivity index (χ4n) is 3.10. The molecule has 0 radical (unpaired) electrons. The molecule has 2 amide bonds. The van der Waals surface area contributed by atoms with Gasteiger partial charge in [0.05, 0.1) is 0 Å². The number of carboxylic acid groups (broad SMARTS) is 1. The van der Waals surface area contributed by atoms with Crippen LogP contribution in [-0.2, 0) is 11.3 Å². The molecule has 0 saturated carbocycles. The molecule has 1 saturated heterocycles. The number of halogens is 4. The summed E-state index contributed by atoms with van der Waals surface area (Å²) in [7, 11) is 0. The van der Waals surface area contributed by atoms with E-state index >= 15 is 0 Å². The quantitative estimate of drug-likeness (QED) is 0.457. The normalized spacial score (nSPS) is 13.9. The number of hydrogen-bond acceptors (Lipinski definition) is 7. The summed E-state index contributed by atoms with van der Waals surface area (Å²) < 4.78 is 37.6. The van der Waals surface area contributed by atoms with E-state index in [-0.39, 0.29) is 12.0 Å². The van der Waals surface area contributed by atoms with Crippen molar-refractivity contribution in [2.24, 2.45) is 0 Å². The zero-order chi connectivity index (χ0) is 26.1. The maximum absolute atomic E-state index is 12.2. The SMILES string of the molecule is O=C(Nc1nn[nH]n1)N1CCN(Cc2cccc(Oc3ccc(Cl)cc3)c2)CC1.O=C(O)C(F)(F)F. The summed E-state index contributed by atoms with van der Waals surface area (Å²) in [6, 6.07) is 15.1. The number of aromatic amines is 1. The summed E-state index contributed by atoms with van der Waals surface area (Å²) in [6.45, 7) is 3.61. The van der Waals surface area contributed by atoms with Gasteiger partial charge in [0.25, 0.3) is 5.95 Å². The minimum atomic E-state index is -5.08. The van der Waals surface area contributed by atoms with Gasteiger partial charge in [0.1, 0.15) is 11.5 Å². The van der Waals surface area contributed by atoms with E-state index in [9.17, 15) is 18.0 Å². The van der Waals surface area contributed by atoms with Crippen LogP contribution in [0.2, 0.25) is 5.02 Å². The van der Waals surface area contributed by atoms with E-state index in [1.165, 1.54) is 0 Å². The number of carbonyl (C=O) groups excluding carboxylic acids is 1. The lowest BCUT2D eigenvalue weighted by molar-refractivity contribution is -0.192. The van der Waals surface area contributed by atoms with Crippen LogP contribution in [-0.4, -0.2) is 79.9 Å². The highest BCUT2D eigenvalue weighted by molar-refractivity contribution is 6.30. The average molecular weight is 528 g/mol. The molecule has 0 atom stereocenters. The third kappa shape index (κ3) is 8.39. The maximum atomic E-state index is 12.2. The molecule has 0 spiro atoms. The van der Waals surface area contributed by atoms with Gasteiger partial charge in [-0.05, 0) is 47.2 Å². The van der Waals surface area contributed by atoms with Crippen LogP contribution in [0.5, 0.6) is 11.5 Å². The number of aliphatic carboxylic acids is 1. The molecular formula is C21H21ClF3N7O4. The van der Waals surface area contributed by atoms with Crippen LogP contribution >= 0.6 is 11.6 Å². The van der Waals surface area contributed by atoms with Crippen molar-refractivity contribution in [1.82, 2.24) is 30.4 Å². The third-order valence-electron chi connectivity index (χ3n) is 4.82. The summed E-state index contributed by atoms with van der Waals surface area (Å²) in [5.74, 6) is -1.06. The lowest BCUT2D eigenvalue weighted by Gasteiger charge is -2.34. The van der Waals surface area contributed by atoms with E-state index in [0.717, 1.165) is 36.7 Å². The number of urea groups is 1. The average Bonchev–Trinajstić information content (AvgIpc) is 3.34. The molecule has 0 aliphatic carbocycles. The Morgan fingerprint density at radius 3 is 2.33 bits per heavy atom. The molecule has 2 aromatic carbocycles. The highest BCUT2D eigenvalue weighted by atomic mass is 35.5. The van der Waals surface area contributed by atoms with Crippen LogP contribution in [0, 0.1) is 0 Å². The van der Waals surface area contributed by atoms with Gasteiger partial charge in [-0.3, -0.25) is 10.2 Å². The van der Waals surface area contributed by atoms with Gasteiger partial charge in [0, 0.05) is 37.7 Å². The van der Waals surface area contributed by atoms with Gasteiger partial charge in [0.15, 0.2) is 0 Å². The number of anilines is 1. The molecule has 2 heterocycles. The van der Waals surface area contributed by atoms with E-state index in [2.05, 4.69) is 36.9 Å². The standard InChI is InChI=1S/C19H20ClN7O2.C2HF3O2/c20-15-4-6-16(7-5-15)29-17-3-1-2-14(12-17)13-26-8-10-27(11-9-26)19(28)21-18-22-24-25-23-18;3-2(4,5)1(6)7/h1-7,12H,8-11,13H2,(H2,21,22,23,24,25,28);(H,6,7). The molecule has 1 aliphatic heterocycles. The lowest BCUT2D eigenvalue weighted by Crippen LogP contribution is -2.49. The summed E-state index contributed by atoms with van der Waals surface area (Å²) in [5.41, 5.74) is 1.15. The molecular weight excluding hydrogens is 507 g/mol. The van der Waals surface area contributed by atoms with Crippen molar-refractivity contribution in [3.05, 3.63) is 59.1 Å². The second kappa shape index (κ2) is 12.2. The first-order valence-corrected chi connectivity index (χ1v) is 10.8. The van der Waals surface area contributed by atoms with Crippen molar-refractivity contribution in [3.63, 3.8) is 0 Å². The predicted octanol–water partition coefficient (Wildman–Crippen LogP) is 3.63. The number of aromatic nitrogens is 4. The molecule has 15 heteroatoms. The number of benzene rings is 2. The van der Waals surface area contributed by atoms with Gasteiger partial charge >= 0.3 is 18.2 Å². The molecule has 4 rings (SSSR count). The summed E-state index contributed by atoms with van der Waals surface area (Å²) in [5, 5.41) is 23.6. The van der Waals surface area contributed by atoms with Crippen LogP contribution < -0.4 is 10.1 Å². The number of hydrogen-bond donors (Lipinski definition) is 3. The van der Waals surface area contributed by atoms with Crippen molar-refractivity contribution in [3.8, 4) is 11.5 Å². The summed E-state index contributed by atoms with van der Waals surface area (Å²) >= 11 is 5.91. The van der Waals surface area contributed by atoms with E-state index in [1.54, 1.807) is 17.0 Å². The number of nitrogens with one attached hydrogen (secondary N) is 2. The number of rotatable bonds is 5. The first kappa shape index (κ1) is 26.7. The van der Waals surface area contributed by atoms with Crippen molar-refractivity contribution in [2.75, 3.05) is 31.5 Å². The summed E-state index contributed by atoms with van der Waals surface area (Å²) in [6.07, 6.45) is -5.08. The van der Waals surface area contributed by atoms with Crippen molar-refractivity contribution in [1.29, 1.82) is 0 Å². The number of ether oxygens (including phenoxy) is 1. The van der Waals surface area contributed by atoms with E-state index in [1.807, 2.05) is 30.3 Å². The Labute approximate surface area is 207 Å². The molecule has 1 aliphatic rings. The van der Waals surface area contributed by atoms with Gasteiger partial charge in [-0.1, -0.05) is 28.8 Å². The third-order valence-corrected chi connectivity index (χ3v) is 5.07. The Morgan fingerprint density at radius 2 is 1.75 bits per heavy atom. The Hall–Kier alpha value is -3.91. The fraction of sp³-hybridized carbons (Fsp3) is 0.286. The Bertz CT molecular complexity index is 1140. The first-order chi connectivity index (χ1) is 17.1. The molecule has 0 unspecified atom stereocenters. The largest absolute Gasteiger partial charge is 0.490 e. The van der Waals surface area contributed by atoms with Crippen molar-refractivity contribution in [2.45, 2.75) is 12.7 Å². The molecule has 3 aromatic rings. The minimum absolute atomic E-state index is 0.176. The highest BCUT2D eigenvalue weighted by Crippen LogP contribution is 2.24. The van der Waals surface area contributed by atoms with Gasteiger partial charge in [-0.15, -0.1) is 5.10 Å². The number of H-pyrrole nitrogens is 1. The van der Waals surface area contributed by atoms with Crippen LogP contribution in [0.15, 0.2) is 48.5 Å². The molecule has 0 bridgehead atoms. The van der Waals surface area contributed by atoms with Crippen molar-refractivity contribution >= 4 is 29.5 Å². The zero-order valence-electron chi connectivity index (χ0n) is 18.6. The van der Waals surface area contributed by atoms with Crippen LogP contribution in [0.3, 0.4) is 0 Å². The second-order valence-electron chi connectivity index (χ2n) is 7.44. The minimum Gasteiger partial charge on any atom is -0.475 e. The molecule has 1 aromatic heterocycles. The number of alkyl halides is 3. The Balaban J connectivity index is 0.000000454. The molecule has 1 fully saturated rings. The first-order valence-electron chi connectivity index (χ1n) is 10.4. The molecule has 3 N–H and O–H groups in total. The monoisotopic (exact) mass is 527 g/mol. The van der Waals surface area contributed by atoms with Gasteiger partial charge < -0.3 is 14.7 Å². The van der Waals surface area contributed by atoms with E-state index in [0.29, 0.717) is 18.1 Å². The van der Waals surface area contributed by atoms with Crippen LogP contribution in [0.1, 0.15) is 5.56 Å². The number of piperazine rings is 1. The number of carboxylic acids is 1. The number of amides is 2. The van der Waals surface area contributed by atoms with Gasteiger partial charge in [-0.2, -0.15) is 18.4 Å². The molecule has 36 heavy (non-hydrogen) atoms. The van der Waals surface area contributed by atoms with Crippen molar-refractivity contribution < 1.29 is 32.6 Å². The zero-order valence-corrected chi connectivity index (χ0v) is 19.3. The van der Waals surface area contributed by atoms with Gasteiger partial charge in [-0.25, -0.2) is 9.59 Å². The number of nitrogens with zero attached hydrogens (tertiary/aromatic N) is 5. The van der Waals surface area contributed by atoms with Crippen LogP contribution in [0.25, 0.3) is 0 Å². The smallest absolute Gasteiger partial charge is 0.475 e.